The first-order valence-corrected chi connectivity index (χ1v) is 13.6. The molecule has 3 aromatic rings. The van der Waals surface area contributed by atoms with Crippen molar-refractivity contribution in [3.63, 3.8) is 0 Å². The SMILES string of the molecule is COCCn1c(=O)n(C2CCN(C(=O)C3CCN(Cc4ccnc(Br)c4)CC3)CC2)c2ccccc21. The largest absolute Gasteiger partial charge is 0.383 e. The molecule has 2 saturated heterocycles. The van der Waals surface area contributed by atoms with Gasteiger partial charge in [0.05, 0.1) is 24.2 Å². The number of carbonyl (C=O) groups excluding carboxylic acids is 1. The molecule has 5 rings (SSSR count). The van der Waals surface area contributed by atoms with Crippen LogP contribution >= 0.6 is 15.9 Å². The Labute approximate surface area is 220 Å². The molecule has 0 spiro atoms. The zero-order valence-corrected chi connectivity index (χ0v) is 22.4. The van der Waals surface area contributed by atoms with Gasteiger partial charge in [0.2, 0.25) is 5.91 Å². The van der Waals surface area contributed by atoms with E-state index in [2.05, 4.69) is 31.9 Å². The molecule has 9 heteroatoms. The highest BCUT2D eigenvalue weighted by atomic mass is 79.9. The van der Waals surface area contributed by atoms with Gasteiger partial charge in [0.1, 0.15) is 4.60 Å². The Bertz CT molecular complexity index is 1260. The van der Waals surface area contributed by atoms with Gasteiger partial charge >= 0.3 is 5.69 Å². The van der Waals surface area contributed by atoms with Gasteiger partial charge in [0, 0.05) is 44.9 Å². The summed E-state index contributed by atoms with van der Waals surface area (Å²) in [6.07, 6.45) is 5.24. The first kappa shape index (κ1) is 25.2. The molecule has 0 N–H and O–H groups in total. The van der Waals surface area contributed by atoms with Crippen molar-refractivity contribution in [1.29, 1.82) is 0 Å². The van der Waals surface area contributed by atoms with Gasteiger partial charge in [-0.3, -0.25) is 18.8 Å². The molecule has 192 valence electrons. The Balaban J connectivity index is 1.18. The molecule has 0 saturated carbocycles. The number of para-hydroxylation sites is 2. The van der Waals surface area contributed by atoms with Crippen molar-refractivity contribution < 1.29 is 9.53 Å². The number of amides is 1. The summed E-state index contributed by atoms with van der Waals surface area (Å²) in [4.78, 5) is 35.3. The summed E-state index contributed by atoms with van der Waals surface area (Å²) in [7, 11) is 1.65. The van der Waals surface area contributed by atoms with Crippen molar-refractivity contribution in [2.45, 2.75) is 44.8 Å². The number of fused-ring (bicyclic) bond motifs is 1. The van der Waals surface area contributed by atoms with Crippen LogP contribution in [0.5, 0.6) is 0 Å². The third-order valence-corrected chi connectivity index (χ3v) is 8.10. The fourth-order valence-corrected chi connectivity index (χ4v) is 6.14. The van der Waals surface area contributed by atoms with E-state index < -0.39 is 0 Å². The van der Waals surface area contributed by atoms with E-state index in [0.29, 0.717) is 26.2 Å². The van der Waals surface area contributed by atoms with E-state index in [-0.39, 0.29) is 23.6 Å². The molecule has 2 aromatic heterocycles. The minimum Gasteiger partial charge on any atom is -0.383 e. The summed E-state index contributed by atoms with van der Waals surface area (Å²) in [5.41, 5.74) is 3.18. The zero-order chi connectivity index (χ0) is 25.1. The number of aromatic nitrogens is 3. The summed E-state index contributed by atoms with van der Waals surface area (Å²) < 4.78 is 9.84. The van der Waals surface area contributed by atoms with Gasteiger partial charge in [-0.05, 0) is 84.5 Å². The fourth-order valence-electron chi connectivity index (χ4n) is 5.72. The lowest BCUT2D eigenvalue weighted by Crippen LogP contribution is -2.46. The van der Waals surface area contributed by atoms with Crippen LogP contribution < -0.4 is 5.69 Å². The summed E-state index contributed by atoms with van der Waals surface area (Å²) in [6.45, 7) is 5.21. The van der Waals surface area contributed by atoms with Crippen LogP contribution in [-0.4, -0.2) is 69.7 Å². The van der Waals surface area contributed by atoms with Gasteiger partial charge in [0.25, 0.3) is 0 Å². The molecular formula is C27H34BrN5O3. The van der Waals surface area contributed by atoms with Crippen LogP contribution in [0, 0.1) is 5.92 Å². The normalized spacial score (nSPS) is 18.2. The second-order valence-electron chi connectivity index (χ2n) is 9.88. The van der Waals surface area contributed by atoms with Gasteiger partial charge in [-0.2, -0.15) is 0 Å². The van der Waals surface area contributed by atoms with Crippen molar-refractivity contribution >= 4 is 32.9 Å². The molecule has 8 nitrogen and oxygen atoms in total. The molecule has 4 heterocycles. The van der Waals surface area contributed by atoms with Gasteiger partial charge in [0.15, 0.2) is 0 Å². The predicted octanol–water partition coefficient (Wildman–Crippen LogP) is 3.68. The van der Waals surface area contributed by atoms with Crippen molar-refractivity contribution in [3.8, 4) is 0 Å². The first-order chi connectivity index (χ1) is 17.5. The van der Waals surface area contributed by atoms with Crippen molar-refractivity contribution in [3.05, 3.63) is 63.2 Å². The molecule has 1 aromatic carbocycles. The van der Waals surface area contributed by atoms with Crippen LogP contribution in [0.15, 0.2) is 52.0 Å². The highest BCUT2D eigenvalue weighted by Crippen LogP contribution is 2.28. The average molecular weight is 557 g/mol. The summed E-state index contributed by atoms with van der Waals surface area (Å²) >= 11 is 3.44. The number of imidazole rings is 1. The van der Waals surface area contributed by atoms with Crippen LogP contribution in [0.4, 0.5) is 0 Å². The number of methoxy groups -OCH3 is 1. The molecule has 36 heavy (non-hydrogen) atoms. The van der Waals surface area contributed by atoms with Crippen LogP contribution in [0.2, 0.25) is 0 Å². The molecule has 2 aliphatic rings. The molecule has 2 aliphatic heterocycles. The van der Waals surface area contributed by atoms with Gasteiger partial charge in [-0.15, -0.1) is 0 Å². The fraction of sp³-hybridized carbons (Fsp3) is 0.519. The molecule has 0 bridgehead atoms. The van der Waals surface area contributed by atoms with Crippen LogP contribution in [-0.2, 0) is 22.6 Å². The van der Waals surface area contributed by atoms with E-state index in [4.69, 9.17) is 4.74 Å². The quantitative estimate of drug-likeness (QED) is 0.416. The predicted molar refractivity (Wildman–Crippen MR) is 143 cm³/mol. The van der Waals surface area contributed by atoms with Crippen molar-refractivity contribution in [2.24, 2.45) is 5.92 Å². The van der Waals surface area contributed by atoms with Gasteiger partial charge in [-0.25, -0.2) is 9.78 Å². The number of benzene rings is 1. The van der Waals surface area contributed by atoms with Crippen LogP contribution in [0.3, 0.4) is 0 Å². The molecule has 0 unspecified atom stereocenters. The standard InChI is InChI=1S/C27H34BrN5O3/c1-36-17-16-32-23-4-2-3-5-24(23)33(27(32)35)22-9-14-31(15-10-22)26(34)21-7-12-30(13-8-21)19-20-6-11-29-25(28)18-20/h2-6,11,18,21-22H,7-10,12-17,19H2,1H3. The summed E-state index contributed by atoms with van der Waals surface area (Å²) in [6, 6.07) is 12.2. The van der Waals surface area contributed by atoms with E-state index in [1.54, 1.807) is 7.11 Å². The summed E-state index contributed by atoms with van der Waals surface area (Å²) in [5.74, 6) is 0.385. The summed E-state index contributed by atoms with van der Waals surface area (Å²) in [5, 5.41) is 0. The smallest absolute Gasteiger partial charge is 0.329 e. The highest BCUT2D eigenvalue weighted by Gasteiger charge is 2.32. The maximum atomic E-state index is 13.3. The molecule has 0 atom stereocenters. The first-order valence-electron chi connectivity index (χ1n) is 12.9. The van der Waals surface area contributed by atoms with Crippen molar-refractivity contribution in [1.82, 2.24) is 23.9 Å². The lowest BCUT2D eigenvalue weighted by atomic mass is 9.93. The van der Waals surface area contributed by atoms with E-state index >= 15 is 0 Å². The van der Waals surface area contributed by atoms with Crippen LogP contribution in [0.1, 0.15) is 37.3 Å². The number of hydrogen-bond donors (Lipinski definition) is 0. The second-order valence-corrected chi connectivity index (χ2v) is 10.7. The number of pyridine rings is 1. The maximum absolute atomic E-state index is 13.3. The van der Waals surface area contributed by atoms with Crippen LogP contribution in [0.25, 0.3) is 11.0 Å². The second kappa shape index (κ2) is 11.3. The highest BCUT2D eigenvalue weighted by molar-refractivity contribution is 9.10. The van der Waals surface area contributed by atoms with E-state index in [1.165, 1.54) is 5.56 Å². The molecule has 0 radical (unpaired) electrons. The monoisotopic (exact) mass is 555 g/mol. The Kier molecular flexibility index (Phi) is 7.88. The Morgan fingerprint density at radius 1 is 1.06 bits per heavy atom. The molecule has 1 amide bonds. The third-order valence-electron chi connectivity index (χ3n) is 7.66. The number of carbonyl (C=O) groups is 1. The molecule has 0 aliphatic carbocycles. The number of nitrogens with zero attached hydrogens (tertiary/aromatic N) is 5. The maximum Gasteiger partial charge on any atom is 0.329 e. The van der Waals surface area contributed by atoms with E-state index in [0.717, 1.165) is 61.0 Å². The van der Waals surface area contributed by atoms with E-state index in [9.17, 15) is 9.59 Å². The number of likely N-dealkylation sites (tertiary alicyclic amines) is 2. The molecule has 2 fully saturated rings. The zero-order valence-electron chi connectivity index (χ0n) is 20.8. The number of hydrogen-bond acceptors (Lipinski definition) is 5. The Morgan fingerprint density at radius 2 is 1.78 bits per heavy atom. The lowest BCUT2D eigenvalue weighted by molar-refractivity contribution is -0.138. The Morgan fingerprint density at radius 3 is 2.47 bits per heavy atom. The number of piperidine rings is 2. The number of halogens is 1. The Hall–Kier alpha value is -2.49. The minimum absolute atomic E-state index is 0.0200. The lowest BCUT2D eigenvalue weighted by Gasteiger charge is -2.37. The topological polar surface area (TPSA) is 72.6 Å². The number of rotatable bonds is 7. The van der Waals surface area contributed by atoms with Crippen molar-refractivity contribution in [2.75, 3.05) is 39.9 Å². The van der Waals surface area contributed by atoms with Gasteiger partial charge in [-0.1, -0.05) is 12.1 Å². The van der Waals surface area contributed by atoms with Gasteiger partial charge < -0.3 is 9.64 Å². The third kappa shape index (κ3) is 5.28. The average Bonchev–Trinajstić information content (AvgIpc) is 3.18. The molecular weight excluding hydrogens is 522 g/mol. The minimum atomic E-state index is 0.0200. The van der Waals surface area contributed by atoms with E-state index in [1.807, 2.05) is 50.6 Å². The number of ether oxygens (including phenoxy) is 1.